The summed E-state index contributed by atoms with van der Waals surface area (Å²) in [6.45, 7) is 4.55. The number of thiocarbonyl (C=S) groups is 1. The van der Waals surface area contributed by atoms with Crippen molar-refractivity contribution in [3.63, 3.8) is 0 Å². The molecular formula is C11H18N4O2S. The molecule has 0 aromatic carbocycles. The molecule has 1 rings (SSSR count). The van der Waals surface area contributed by atoms with Crippen molar-refractivity contribution in [3.8, 4) is 0 Å². The molecule has 0 amide bonds. The smallest absolute Gasteiger partial charge is 0.325 e. The molecule has 18 heavy (non-hydrogen) atoms. The normalized spacial score (nSPS) is 10.2. The van der Waals surface area contributed by atoms with Crippen LogP contribution >= 0.6 is 12.2 Å². The summed E-state index contributed by atoms with van der Waals surface area (Å²) in [7, 11) is 3.16. The van der Waals surface area contributed by atoms with Crippen molar-refractivity contribution in [2.45, 2.75) is 13.8 Å². The van der Waals surface area contributed by atoms with Crippen molar-refractivity contribution in [2.24, 2.45) is 12.8 Å². The van der Waals surface area contributed by atoms with E-state index >= 15 is 0 Å². The molecule has 0 saturated heterocycles. The second-order valence-electron chi connectivity index (χ2n) is 3.86. The van der Waals surface area contributed by atoms with E-state index in [0.717, 1.165) is 11.5 Å². The Morgan fingerprint density at radius 1 is 1.61 bits per heavy atom. The topological polar surface area (TPSA) is 73.4 Å². The highest BCUT2D eigenvalue weighted by atomic mass is 32.1. The van der Waals surface area contributed by atoms with Gasteiger partial charge in [0.1, 0.15) is 17.4 Å². The Bertz CT molecular complexity index is 470. The SMILES string of the molecule is CCN(CC(=O)OC)c1c(C(N)=S)c(C)nn1C. The molecule has 0 atom stereocenters. The minimum atomic E-state index is -0.315. The summed E-state index contributed by atoms with van der Waals surface area (Å²) in [4.78, 5) is 13.5. The van der Waals surface area contributed by atoms with Gasteiger partial charge in [-0.1, -0.05) is 12.2 Å². The molecule has 2 N–H and O–H groups in total. The maximum Gasteiger partial charge on any atom is 0.325 e. The van der Waals surface area contributed by atoms with Crippen LogP contribution in [0.2, 0.25) is 0 Å². The Labute approximate surface area is 112 Å². The zero-order valence-corrected chi connectivity index (χ0v) is 11.9. The first-order valence-electron chi connectivity index (χ1n) is 5.57. The highest BCUT2D eigenvalue weighted by Gasteiger charge is 2.22. The molecule has 100 valence electrons. The average molecular weight is 270 g/mol. The summed E-state index contributed by atoms with van der Waals surface area (Å²) in [5.74, 6) is 0.428. The lowest BCUT2D eigenvalue weighted by molar-refractivity contribution is -0.138. The van der Waals surface area contributed by atoms with Crippen LogP contribution in [0.25, 0.3) is 0 Å². The standard InChI is InChI=1S/C11H18N4O2S/c1-5-15(6-8(16)17-4)11-9(10(12)18)7(2)13-14(11)3/h5-6H2,1-4H3,(H2,12,18). The lowest BCUT2D eigenvalue weighted by Crippen LogP contribution is -2.33. The van der Waals surface area contributed by atoms with Crippen molar-refractivity contribution in [1.82, 2.24) is 9.78 Å². The zero-order valence-electron chi connectivity index (χ0n) is 11.1. The number of aromatic nitrogens is 2. The van der Waals surface area contributed by atoms with Gasteiger partial charge in [-0.3, -0.25) is 9.48 Å². The van der Waals surface area contributed by atoms with Gasteiger partial charge >= 0.3 is 5.97 Å². The molecule has 1 aromatic heterocycles. The van der Waals surface area contributed by atoms with E-state index in [-0.39, 0.29) is 17.5 Å². The number of nitrogens with two attached hydrogens (primary N) is 1. The Kier molecular flexibility index (Phi) is 4.66. The number of methoxy groups -OCH3 is 1. The van der Waals surface area contributed by atoms with Crippen LogP contribution in [0.3, 0.4) is 0 Å². The van der Waals surface area contributed by atoms with Crippen molar-refractivity contribution in [3.05, 3.63) is 11.3 Å². The van der Waals surface area contributed by atoms with Gasteiger partial charge in [0.25, 0.3) is 0 Å². The molecule has 0 radical (unpaired) electrons. The highest BCUT2D eigenvalue weighted by molar-refractivity contribution is 7.80. The van der Waals surface area contributed by atoms with Crippen LogP contribution in [0.15, 0.2) is 0 Å². The number of ether oxygens (including phenoxy) is 1. The number of carbonyl (C=O) groups is 1. The van der Waals surface area contributed by atoms with Gasteiger partial charge in [-0.2, -0.15) is 5.10 Å². The number of likely N-dealkylation sites (N-methyl/N-ethyl adjacent to an activating group) is 1. The molecule has 0 spiro atoms. The number of rotatable bonds is 5. The van der Waals surface area contributed by atoms with E-state index in [4.69, 9.17) is 18.0 Å². The third-order valence-corrected chi connectivity index (χ3v) is 2.87. The highest BCUT2D eigenvalue weighted by Crippen LogP contribution is 2.22. The van der Waals surface area contributed by atoms with Crippen LogP contribution in [-0.2, 0) is 16.6 Å². The number of hydrogen-bond acceptors (Lipinski definition) is 5. The Morgan fingerprint density at radius 2 is 2.22 bits per heavy atom. The summed E-state index contributed by atoms with van der Waals surface area (Å²) in [6.07, 6.45) is 0. The molecule has 0 aliphatic heterocycles. The quantitative estimate of drug-likeness (QED) is 0.615. The zero-order chi connectivity index (χ0) is 13.9. The van der Waals surface area contributed by atoms with Crippen LogP contribution in [0.1, 0.15) is 18.2 Å². The van der Waals surface area contributed by atoms with Crippen LogP contribution in [0.4, 0.5) is 5.82 Å². The second-order valence-corrected chi connectivity index (χ2v) is 4.30. The molecule has 1 aromatic rings. The van der Waals surface area contributed by atoms with Gasteiger partial charge in [0.2, 0.25) is 0 Å². The molecule has 0 aliphatic rings. The predicted molar refractivity (Wildman–Crippen MR) is 73.7 cm³/mol. The van der Waals surface area contributed by atoms with Crippen LogP contribution < -0.4 is 10.6 Å². The Morgan fingerprint density at radius 3 is 2.67 bits per heavy atom. The Balaban J connectivity index is 3.20. The van der Waals surface area contributed by atoms with E-state index in [0.29, 0.717) is 12.1 Å². The summed E-state index contributed by atoms with van der Waals surface area (Å²) in [5, 5.41) is 4.29. The molecule has 0 saturated carbocycles. The van der Waals surface area contributed by atoms with E-state index in [1.165, 1.54) is 7.11 Å². The maximum absolute atomic E-state index is 11.4. The van der Waals surface area contributed by atoms with Crippen LogP contribution in [0.5, 0.6) is 0 Å². The van der Waals surface area contributed by atoms with Crippen molar-refractivity contribution in [1.29, 1.82) is 0 Å². The van der Waals surface area contributed by atoms with E-state index in [1.807, 2.05) is 18.7 Å². The van der Waals surface area contributed by atoms with E-state index < -0.39 is 0 Å². The van der Waals surface area contributed by atoms with Gasteiger partial charge in [-0.15, -0.1) is 0 Å². The van der Waals surface area contributed by atoms with E-state index in [1.54, 1.807) is 11.7 Å². The van der Waals surface area contributed by atoms with E-state index in [2.05, 4.69) is 9.84 Å². The number of aryl methyl sites for hydroxylation is 2. The summed E-state index contributed by atoms with van der Waals surface area (Å²) in [6, 6.07) is 0. The van der Waals surface area contributed by atoms with Crippen LogP contribution in [-0.4, -0.2) is 40.9 Å². The number of carbonyl (C=O) groups excluding carboxylic acids is 1. The predicted octanol–water partition coefficient (Wildman–Crippen LogP) is 0.362. The molecule has 0 unspecified atom stereocenters. The maximum atomic E-state index is 11.4. The molecule has 1 heterocycles. The van der Waals surface area contributed by atoms with Gasteiger partial charge in [0.05, 0.1) is 18.4 Å². The number of anilines is 1. The second kappa shape index (κ2) is 5.81. The molecule has 0 aliphatic carbocycles. The number of hydrogen-bond donors (Lipinski definition) is 1. The fourth-order valence-corrected chi connectivity index (χ4v) is 2.09. The van der Waals surface area contributed by atoms with Gasteiger partial charge in [0, 0.05) is 13.6 Å². The summed E-state index contributed by atoms with van der Waals surface area (Å²) < 4.78 is 6.35. The minimum absolute atomic E-state index is 0.140. The van der Waals surface area contributed by atoms with Gasteiger partial charge in [0.15, 0.2) is 0 Å². The number of esters is 1. The monoisotopic (exact) mass is 270 g/mol. The first kappa shape index (κ1) is 14.4. The lowest BCUT2D eigenvalue weighted by atomic mass is 10.2. The molecule has 0 bridgehead atoms. The third-order valence-electron chi connectivity index (χ3n) is 2.67. The molecule has 0 fully saturated rings. The van der Waals surface area contributed by atoms with Crippen LogP contribution in [0, 0.1) is 6.92 Å². The fraction of sp³-hybridized carbons (Fsp3) is 0.545. The van der Waals surface area contributed by atoms with Gasteiger partial charge < -0.3 is 15.4 Å². The third kappa shape index (κ3) is 2.79. The summed E-state index contributed by atoms with van der Waals surface area (Å²) >= 11 is 5.04. The molecule has 7 heteroatoms. The molecular weight excluding hydrogens is 252 g/mol. The van der Waals surface area contributed by atoms with Crippen molar-refractivity contribution >= 4 is 29.0 Å². The lowest BCUT2D eigenvalue weighted by Gasteiger charge is -2.22. The van der Waals surface area contributed by atoms with Gasteiger partial charge in [-0.05, 0) is 13.8 Å². The van der Waals surface area contributed by atoms with E-state index in [9.17, 15) is 4.79 Å². The summed E-state index contributed by atoms with van der Waals surface area (Å²) in [5.41, 5.74) is 7.18. The first-order valence-corrected chi connectivity index (χ1v) is 5.98. The fourth-order valence-electron chi connectivity index (χ4n) is 1.85. The first-order chi connectivity index (χ1) is 8.42. The number of nitrogens with zero attached hydrogens (tertiary/aromatic N) is 3. The Hall–Kier alpha value is -1.63. The molecule has 6 nitrogen and oxygen atoms in total. The van der Waals surface area contributed by atoms with Crippen molar-refractivity contribution < 1.29 is 9.53 Å². The van der Waals surface area contributed by atoms with Crippen molar-refractivity contribution in [2.75, 3.05) is 25.1 Å². The minimum Gasteiger partial charge on any atom is -0.468 e. The average Bonchev–Trinajstić information content (AvgIpc) is 2.60. The largest absolute Gasteiger partial charge is 0.468 e. The van der Waals surface area contributed by atoms with Gasteiger partial charge in [-0.25, -0.2) is 0 Å².